The normalized spacial score (nSPS) is 13.7. The van der Waals surface area contributed by atoms with Crippen molar-refractivity contribution in [2.24, 2.45) is 7.05 Å². The van der Waals surface area contributed by atoms with E-state index in [4.69, 9.17) is 0 Å². The smallest absolute Gasteiger partial charge is 0.0801 e. The number of hydrogen-bond donors (Lipinski definition) is 0. The van der Waals surface area contributed by atoms with Gasteiger partial charge in [-0.05, 0) is 30.5 Å². The number of rotatable bonds is 2. The van der Waals surface area contributed by atoms with Gasteiger partial charge in [0.25, 0.3) is 0 Å². The van der Waals surface area contributed by atoms with Crippen molar-refractivity contribution in [1.82, 2.24) is 9.55 Å². The highest BCUT2D eigenvalue weighted by molar-refractivity contribution is 6.26. The first-order valence-corrected chi connectivity index (χ1v) is 11.8. The van der Waals surface area contributed by atoms with Crippen molar-refractivity contribution in [2.75, 3.05) is 0 Å². The number of benzene rings is 2. The highest BCUT2D eigenvalue weighted by Gasteiger charge is 2.18. The maximum Gasteiger partial charge on any atom is 0.0801 e. The number of aryl methyl sites for hydroxylation is 1. The van der Waals surface area contributed by atoms with Crippen LogP contribution in [-0.2, 0) is 7.05 Å². The van der Waals surface area contributed by atoms with Crippen molar-refractivity contribution in [3.63, 3.8) is 0 Å². The Balaban J connectivity index is 0.000000291. The number of aromatic nitrogens is 2. The quantitative estimate of drug-likeness (QED) is 0.300. The van der Waals surface area contributed by atoms with Crippen LogP contribution in [0.3, 0.4) is 0 Å². The Morgan fingerprint density at radius 2 is 1.45 bits per heavy atom. The number of pyridine rings is 1. The lowest BCUT2D eigenvalue weighted by atomic mass is 9.98. The first kappa shape index (κ1) is 22.8. The summed E-state index contributed by atoms with van der Waals surface area (Å²) in [5.41, 5.74) is 4.63. The van der Waals surface area contributed by atoms with Gasteiger partial charge in [0.2, 0.25) is 0 Å². The minimum absolute atomic E-state index is 1.05. The zero-order valence-corrected chi connectivity index (χ0v) is 19.6. The molecule has 4 aromatic rings. The van der Waals surface area contributed by atoms with Crippen LogP contribution in [0.2, 0.25) is 0 Å². The molecule has 31 heavy (non-hydrogen) atoms. The lowest BCUT2D eigenvalue weighted by molar-refractivity contribution is 0.504. The summed E-state index contributed by atoms with van der Waals surface area (Å²) in [5, 5.41) is 4.90. The van der Waals surface area contributed by atoms with E-state index >= 15 is 0 Å². The van der Waals surface area contributed by atoms with Crippen LogP contribution < -0.4 is 0 Å². The number of allylic oxidation sites excluding steroid dienone is 1. The average Bonchev–Trinajstić information content (AvgIpc) is 3.14. The molecule has 0 unspecified atom stereocenters. The second kappa shape index (κ2) is 10.9. The van der Waals surface area contributed by atoms with Crippen molar-refractivity contribution >= 4 is 44.7 Å². The molecule has 162 valence electrons. The van der Waals surface area contributed by atoms with Crippen molar-refractivity contribution in [3.8, 4) is 0 Å². The highest BCUT2D eigenvalue weighted by Crippen LogP contribution is 2.39. The van der Waals surface area contributed by atoms with Crippen molar-refractivity contribution in [3.05, 3.63) is 66.5 Å². The van der Waals surface area contributed by atoms with Crippen LogP contribution >= 0.6 is 0 Å². The van der Waals surface area contributed by atoms with Gasteiger partial charge >= 0.3 is 0 Å². The summed E-state index contributed by atoms with van der Waals surface area (Å²) in [6.45, 7) is 10.1. The van der Waals surface area contributed by atoms with E-state index in [0.717, 1.165) is 11.2 Å². The highest BCUT2D eigenvalue weighted by atomic mass is 15.0. The van der Waals surface area contributed by atoms with E-state index in [1.165, 1.54) is 71.1 Å². The van der Waals surface area contributed by atoms with Gasteiger partial charge in [-0.2, -0.15) is 0 Å². The van der Waals surface area contributed by atoms with E-state index in [-0.39, 0.29) is 0 Å². The van der Waals surface area contributed by atoms with Crippen LogP contribution in [0, 0.1) is 0 Å². The third kappa shape index (κ3) is 4.44. The molecule has 0 N–H and O–H groups in total. The Labute approximate surface area is 187 Å². The predicted molar refractivity (Wildman–Crippen MR) is 140 cm³/mol. The third-order valence-electron chi connectivity index (χ3n) is 6.02. The second-order valence-electron chi connectivity index (χ2n) is 7.85. The van der Waals surface area contributed by atoms with E-state index in [1.807, 2.05) is 32.2 Å². The molecule has 1 saturated carbocycles. The molecule has 5 rings (SSSR count). The van der Waals surface area contributed by atoms with Gasteiger partial charge in [-0.25, -0.2) is 0 Å². The number of nitrogens with zero attached hydrogens (tertiary/aromatic N) is 2. The van der Waals surface area contributed by atoms with E-state index in [2.05, 4.69) is 72.6 Å². The molecule has 1 aliphatic carbocycles. The zero-order chi connectivity index (χ0) is 22.2. The summed E-state index contributed by atoms with van der Waals surface area (Å²) in [6.07, 6.45) is 17.1. The molecule has 2 aromatic carbocycles. The fraction of sp³-hybridized carbons (Fsp3) is 0.345. The van der Waals surface area contributed by atoms with Gasteiger partial charge in [0.1, 0.15) is 0 Å². The molecule has 2 aromatic heterocycles. The molecule has 2 heteroatoms. The Morgan fingerprint density at radius 1 is 0.871 bits per heavy atom. The predicted octanol–water partition coefficient (Wildman–Crippen LogP) is 8.92. The molecular formula is C29H36N2. The van der Waals surface area contributed by atoms with Crippen LogP contribution in [0.5, 0.6) is 0 Å². The van der Waals surface area contributed by atoms with E-state index < -0.39 is 0 Å². The van der Waals surface area contributed by atoms with Crippen LogP contribution in [0.4, 0.5) is 0 Å². The van der Waals surface area contributed by atoms with Crippen molar-refractivity contribution < 1.29 is 0 Å². The molecule has 0 radical (unpaired) electrons. The van der Waals surface area contributed by atoms with Gasteiger partial charge < -0.3 is 4.57 Å². The minimum Gasteiger partial charge on any atom is -0.343 e. The topological polar surface area (TPSA) is 17.8 Å². The standard InChI is InChI=1S/C21H18N2.C6H12.C2H6/c1-4-9-16-18(5-2)23(3)21-17-12-8-13-22-20(17)15-11-7-6-10-14(15)19(16)21;1-2-4-6-5-3-1;1-2/h4-13H,2H2,1,3H3;1-6H2;1-2H3/b9-4-;;. The molecule has 0 amide bonds. The molecule has 1 aliphatic rings. The zero-order valence-electron chi connectivity index (χ0n) is 19.6. The summed E-state index contributed by atoms with van der Waals surface area (Å²) in [4.78, 5) is 4.65. The van der Waals surface area contributed by atoms with Crippen molar-refractivity contribution in [1.29, 1.82) is 0 Å². The third-order valence-corrected chi connectivity index (χ3v) is 6.02. The fourth-order valence-electron chi connectivity index (χ4n) is 4.67. The molecule has 0 bridgehead atoms. The Morgan fingerprint density at radius 3 is 2.03 bits per heavy atom. The molecule has 0 atom stereocenters. The summed E-state index contributed by atoms with van der Waals surface area (Å²) in [7, 11) is 2.10. The van der Waals surface area contributed by atoms with Gasteiger partial charge in [-0.15, -0.1) is 0 Å². The molecule has 2 nitrogen and oxygen atoms in total. The summed E-state index contributed by atoms with van der Waals surface area (Å²) < 4.78 is 2.23. The summed E-state index contributed by atoms with van der Waals surface area (Å²) in [5.74, 6) is 0. The number of hydrogen-bond acceptors (Lipinski definition) is 1. The van der Waals surface area contributed by atoms with Crippen LogP contribution in [0.15, 0.2) is 55.3 Å². The lowest BCUT2D eigenvalue weighted by Crippen LogP contribution is -1.92. The second-order valence-corrected chi connectivity index (χ2v) is 7.85. The molecule has 1 fully saturated rings. The molecule has 2 heterocycles. The summed E-state index contributed by atoms with van der Waals surface area (Å²) >= 11 is 0. The van der Waals surface area contributed by atoms with Crippen LogP contribution in [0.25, 0.3) is 44.7 Å². The van der Waals surface area contributed by atoms with Crippen molar-refractivity contribution in [2.45, 2.75) is 59.3 Å². The average molecular weight is 413 g/mol. The maximum atomic E-state index is 4.65. The molecule has 0 spiro atoms. The SMILES string of the molecule is C1CCCCC1.C=Cc1c(/C=C\C)c2c3ccccc3c3ncccc3c2n1C.CC. The Bertz CT molecular complexity index is 1180. The molecule has 0 saturated heterocycles. The van der Waals surface area contributed by atoms with Gasteiger partial charge in [0.15, 0.2) is 0 Å². The largest absolute Gasteiger partial charge is 0.343 e. The molecule has 0 aliphatic heterocycles. The Hall–Kier alpha value is -2.87. The van der Waals surface area contributed by atoms with Gasteiger partial charge in [-0.1, -0.05) is 95.4 Å². The summed E-state index contributed by atoms with van der Waals surface area (Å²) in [6, 6.07) is 12.7. The van der Waals surface area contributed by atoms with Crippen LogP contribution in [-0.4, -0.2) is 9.55 Å². The van der Waals surface area contributed by atoms with Gasteiger partial charge in [-0.3, -0.25) is 4.98 Å². The van der Waals surface area contributed by atoms with Crippen LogP contribution in [0.1, 0.15) is 70.6 Å². The van der Waals surface area contributed by atoms with E-state index in [1.54, 1.807) is 0 Å². The first-order valence-electron chi connectivity index (χ1n) is 11.8. The fourth-order valence-corrected chi connectivity index (χ4v) is 4.67. The van der Waals surface area contributed by atoms with Gasteiger partial charge in [0.05, 0.1) is 11.0 Å². The Kier molecular flexibility index (Phi) is 8.06. The first-order chi connectivity index (χ1) is 15.3. The monoisotopic (exact) mass is 412 g/mol. The number of fused-ring (bicyclic) bond motifs is 6. The minimum atomic E-state index is 1.05. The molecular weight excluding hydrogens is 376 g/mol. The maximum absolute atomic E-state index is 4.65. The van der Waals surface area contributed by atoms with E-state index in [0.29, 0.717) is 0 Å². The lowest BCUT2D eigenvalue weighted by Gasteiger charge is -2.08. The van der Waals surface area contributed by atoms with Gasteiger partial charge in [0, 0.05) is 40.7 Å². The van der Waals surface area contributed by atoms with E-state index in [9.17, 15) is 0 Å².